The zero-order valence-electron chi connectivity index (χ0n) is 12.9. The van der Waals surface area contributed by atoms with Gasteiger partial charge in [-0.2, -0.15) is 0 Å². The molecular weight excluding hydrogens is 390 g/mol. The second-order valence-corrected chi connectivity index (χ2v) is 7.28. The Morgan fingerprint density at radius 2 is 2.21 bits per heavy atom. The number of rotatable bonds is 6. The summed E-state index contributed by atoms with van der Waals surface area (Å²) in [6.45, 7) is 0.927. The molecule has 5 nitrogen and oxygen atoms in total. The van der Waals surface area contributed by atoms with E-state index >= 15 is 0 Å². The fourth-order valence-electron chi connectivity index (χ4n) is 2.38. The van der Waals surface area contributed by atoms with Crippen LogP contribution in [0, 0.1) is 0 Å². The summed E-state index contributed by atoms with van der Waals surface area (Å²) in [6.07, 6.45) is 2.58. The summed E-state index contributed by atoms with van der Waals surface area (Å²) in [4.78, 5) is 29.9. The molecule has 1 N–H and O–H groups in total. The van der Waals surface area contributed by atoms with Crippen LogP contribution in [0.2, 0.25) is 0 Å². The third kappa shape index (κ3) is 4.10. The summed E-state index contributed by atoms with van der Waals surface area (Å²) in [6, 6.07) is 9.44. The molecule has 3 rings (SSSR count). The molecule has 0 aliphatic rings. The molecule has 1 amide bonds. The lowest BCUT2D eigenvalue weighted by Gasteiger charge is -2.07. The molecule has 0 fully saturated rings. The first kappa shape index (κ1) is 16.9. The van der Waals surface area contributed by atoms with Crippen molar-refractivity contribution in [3.8, 4) is 0 Å². The average molecular weight is 406 g/mol. The largest absolute Gasteiger partial charge is 0.356 e. The third-order valence-corrected chi connectivity index (χ3v) is 5.07. The van der Waals surface area contributed by atoms with Gasteiger partial charge >= 0.3 is 0 Å². The van der Waals surface area contributed by atoms with E-state index in [4.69, 9.17) is 0 Å². The number of benzene rings is 1. The molecule has 0 radical (unpaired) electrons. The number of aromatic nitrogens is 2. The summed E-state index contributed by atoms with van der Waals surface area (Å²) in [5.74, 6) is -0.0622. The predicted molar refractivity (Wildman–Crippen MR) is 99.4 cm³/mol. The second kappa shape index (κ2) is 7.72. The number of aryl methyl sites for hydroxylation is 1. The molecule has 2 aromatic heterocycles. The van der Waals surface area contributed by atoms with Crippen molar-refractivity contribution in [3.05, 3.63) is 61.7 Å². The Bertz CT molecular complexity index is 906. The molecule has 124 valence electrons. The van der Waals surface area contributed by atoms with Crippen molar-refractivity contribution in [2.24, 2.45) is 0 Å². The highest BCUT2D eigenvalue weighted by molar-refractivity contribution is 9.10. The summed E-state index contributed by atoms with van der Waals surface area (Å²) < 4.78 is 2.31. The highest BCUT2D eigenvalue weighted by Gasteiger charge is 2.07. The van der Waals surface area contributed by atoms with E-state index in [1.807, 2.05) is 17.5 Å². The minimum atomic E-state index is -0.132. The zero-order valence-corrected chi connectivity index (χ0v) is 15.3. The summed E-state index contributed by atoms with van der Waals surface area (Å²) in [5, 5.41) is 5.45. The van der Waals surface area contributed by atoms with E-state index in [-0.39, 0.29) is 17.9 Å². The number of nitrogens with one attached hydrogen (secondary N) is 1. The lowest BCUT2D eigenvalue weighted by Crippen LogP contribution is -2.28. The molecule has 0 saturated heterocycles. The maximum atomic E-state index is 12.4. The van der Waals surface area contributed by atoms with Gasteiger partial charge in [-0.25, -0.2) is 4.98 Å². The SMILES string of the molecule is O=C(CCn1cnc2ccc(Br)cc2c1=O)NCCc1cccs1. The number of hydrogen-bond acceptors (Lipinski definition) is 4. The maximum absolute atomic E-state index is 12.4. The van der Waals surface area contributed by atoms with Gasteiger partial charge in [-0.1, -0.05) is 22.0 Å². The van der Waals surface area contributed by atoms with Gasteiger partial charge in [0.05, 0.1) is 17.2 Å². The summed E-state index contributed by atoms with van der Waals surface area (Å²) in [7, 11) is 0. The molecule has 0 aliphatic heterocycles. The first-order chi connectivity index (χ1) is 11.6. The Morgan fingerprint density at radius 1 is 1.33 bits per heavy atom. The Morgan fingerprint density at radius 3 is 3.00 bits per heavy atom. The third-order valence-electron chi connectivity index (χ3n) is 3.64. The first-order valence-corrected chi connectivity index (χ1v) is 9.24. The Hall–Kier alpha value is -1.99. The van der Waals surface area contributed by atoms with Crippen LogP contribution < -0.4 is 10.9 Å². The highest BCUT2D eigenvalue weighted by Crippen LogP contribution is 2.14. The van der Waals surface area contributed by atoms with Crippen molar-refractivity contribution in [2.45, 2.75) is 19.4 Å². The molecule has 0 aliphatic carbocycles. The van der Waals surface area contributed by atoms with E-state index < -0.39 is 0 Å². The predicted octanol–water partition coefficient (Wildman–Crippen LogP) is 2.97. The van der Waals surface area contributed by atoms with Gasteiger partial charge < -0.3 is 5.32 Å². The van der Waals surface area contributed by atoms with Gasteiger partial charge in [0.1, 0.15) is 0 Å². The monoisotopic (exact) mass is 405 g/mol. The van der Waals surface area contributed by atoms with Crippen molar-refractivity contribution >= 4 is 44.1 Å². The molecule has 0 atom stereocenters. The molecule has 3 aromatic rings. The van der Waals surface area contributed by atoms with Gasteiger partial charge in [-0.3, -0.25) is 14.2 Å². The lowest BCUT2D eigenvalue weighted by molar-refractivity contribution is -0.121. The summed E-state index contributed by atoms with van der Waals surface area (Å²) >= 11 is 5.04. The van der Waals surface area contributed by atoms with E-state index in [1.165, 1.54) is 15.8 Å². The Labute approximate surface area is 151 Å². The number of hydrogen-bond donors (Lipinski definition) is 1. The number of fused-ring (bicyclic) bond motifs is 1. The molecule has 24 heavy (non-hydrogen) atoms. The quantitative estimate of drug-likeness (QED) is 0.685. The van der Waals surface area contributed by atoms with Crippen LogP contribution in [0.1, 0.15) is 11.3 Å². The highest BCUT2D eigenvalue weighted by atomic mass is 79.9. The van der Waals surface area contributed by atoms with E-state index in [0.717, 1.165) is 10.9 Å². The molecule has 1 aromatic carbocycles. The molecule has 2 heterocycles. The van der Waals surface area contributed by atoms with Gasteiger partial charge in [0, 0.05) is 28.9 Å². The van der Waals surface area contributed by atoms with E-state index in [0.29, 0.717) is 24.0 Å². The van der Waals surface area contributed by atoms with Gasteiger partial charge in [0.2, 0.25) is 5.91 Å². The van der Waals surface area contributed by atoms with Gasteiger partial charge in [0.15, 0.2) is 0 Å². The molecule has 0 unspecified atom stereocenters. The standard InChI is InChI=1S/C17H16BrN3O2S/c18-12-3-4-15-14(10-12)17(23)21(11-20-15)8-6-16(22)19-7-5-13-2-1-9-24-13/h1-4,9-11H,5-8H2,(H,19,22). The molecule has 7 heteroatoms. The lowest BCUT2D eigenvalue weighted by atomic mass is 10.2. The van der Waals surface area contributed by atoms with Crippen LogP contribution in [0.3, 0.4) is 0 Å². The molecular formula is C17H16BrN3O2S. The number of carbonyl (C=O) groups is 1. The smallest absolute Gasteiger partial charge is 0.261 e. The Balaban J connectivity index is 1.58. The fourth-order valence-corrected chi connectivity index (χ4v) is 3.45. The van der Waals surface area contributed by atoms with Crippen LogP contribution in [-0.4, -0.2) is 22.0 Å². The van der Waals surface area contributed by atoms with E-state index in [2.05, 4.69) is 32.3 Å². The number of halogens is 1. The van der Waals surface area contributed by atoms with E-state index in [9.17, 15) is 9.59 Å². The van der Waals surface area contributed by atoms with Crippen molar-refractivity contribution in [1.82, 2.24) is 14.9 Å². The first-order valence-electron chi connectivity index (χ1n) is 7.57. The summed E-state index contributed by atoms with van der Waals surface area (Å²) in [5.41, 5.74) is 0.521. The minimum Gasteiger partial charge on any atom is -0.356 e. The van der Waals surface area contributed by atoms with Crippen LogP contribution in [0.4, 0.5) is 0 Å². The van der Waals surface area contributed by atoms with Crippen molar-refractivity contribution in [3.63, 3.8) is 0 Å². The van der Waals surface area contributed by atoms with Gasteiger partial charge in [-0.05, 0) is 36.1 Å². The molecule has 0 bridgehead atoms. The molecule has 0 spiro atoms. The van der Waals surface area contributed by atoms with Crippen molar-refractivity contribution in [2.75, 3.05) is 6.54 Å². The van der Waals surface area contributed by atoms with Gasteiger partial charge in [0.25, 0.3) is 5.56 Å². The fraction of sp³-hybridized carbons (Fsp3) is 0.235. The second-order valence-electron chi connectivity index (χ2n) is 5.33. The maximum Gasteiger partial charge on any atom is 0.261 e. The van der Waals surface area contributed by atoms with Crippen LogP contribution >= 0.6 is 27.3 Å². The van der Waals surface area contributed by atoms with Crippen LogP contribution in [0.15, 0.2) is 51.3 Å². The number of amides is 1. The van der Waals surface area contributed by atoms with Gasteiger partial charge in [-0.15, -0.1) is 11.3 Å². The molecule has 0 saturated carbocycles. The Kier molecular flexibility index (Phi) is 5.42. The zero-order chi connectivity index (χ0) is 16.9. The minimum absolute atomic E-state index is 0.0622. The number of nitrogens with zero attached hydrogens (tertiary/aromatic N) is 2. The normalized spacial score (nSPS) is 10.9. The van der Waals surface area contributed by atoms with Crippen LogP contribution in [0.5, 0.6) is 0 Å². The number of thiophene rings is 1. The van der Waals surface area contributed by atoms with Crippen LogP contribution in [-0.2, 0) is 17.8 Å². The number of carbonyl (C=O) groups excluding carboxylic acids is 1. The van der Waals surface area contributed by atoms with Crippen molar-refractivity contribution in [1.29, 1.82) is 0 Å². The van der Waals surface area contributed by atoms with Crippen LogP contribution in [0.25, 0.3) is 10.9 Å². The van der Waals surface area contributed by atoms with E-state index in [1.54, 1.807) is 23.5 Å². The topological polar surface area (TPSA) is 64.0 Å². The average Bonchev–Trinajstić information content (AvgIpc) is 3.08. The van der Waals surface area contributed by atoms with Crippen molar-refractivity contribution < 1.29 is 4.79 Å².